The van der Waals surface area contributed by atoms with Crippen LogP contribution in [0.25, 0.3) is 38.9 Å². The predicted molar refractivity (Wildman–Crippen MR) is 147 cm³/mol. The Bertz CT molecular complexity index is 1470. The number of aromatic amines is 1. The second-order valence-corrected chi connectivity index (χ2v) is 10.9. The number of benzene rings is 3. The molecule has 0 spiro atoms. The van der Waals surface area contributed by atoms with Gasteiger partial charge in [0.05, 0.1) is 16.4 Å². The van der Waals surface area contributed by atoms with E-state index in [0.717, 1.165) is 29.0 Å². The molecule has 0 amide bonds. The molecular weight excluding hydrogens is 428 g/mol. The summed E-state index contributed by atoms with van der Waals surface area (Å²) in [6, 6.07) is 19.6. The van der Waals surface area contributed by atoms with E-state index < -0.39 is 0 Å². The number of aromatic nitrogens is 1. The number of nitrogens with one attached hydrogen (secondary N) is 3. The van der Waals surface area contributed by atoms with Gasteiger partial charge in [-0.25, -0.2) is 0 Å². The van der Waals surface area contributed by atoms with Crippen LogP contribution < -0.4 is 10.7 Å². The molecule has 3 heterocycles. The number of piperidine rings is 1. The maximum absolute atomic E-state index is 8.24. The van der Waals surface area contributed by atoms with Crippen molar-refractivity contribution in [2.45, 2.75) is 52.1 Å². The Morgan fingerprint density at radius 3 is 2.46 bits per heavy atom. The lowest BCUT2D eigenvalue weighted by Crippen LogP contribution is -2.31. The highest BCUT2D eigenvalue weighted by atomic mass is 15.1. The van der Waals surface area contributed by atoms with Gasteiger partial charge in [-0.15, -0.1) is 0 Å². The molecule has 0 saturated carbocycles. The van der Waals surface area contributed by atoms with Crippen LogP contribution in [0.15, 0.2) is 60.7 Å². The van der Waals surface area contributed by atoms with E-state index in [1.54, 1.807) is 0 Å². The second kappa shape index (κ2) is 8.39. The summed E-state index contributed by atoms with van der Waals surface area (Å²) in [4.78, 5) is 6.28. The monoisotopic (exact) mass is 462 g/mol. The Balaban J connectivity index is 1.52. The molecule has 0 aromatic heterocycles. The summed E-state index contributed by atoms with van der Waals surface area (Å²) < 4.78 is 0. The highest BCUT2D eigenvalue weighted by Gasteiger charge is 2.26. The molecule has 0 radical (unpaired) electrons. The van der Waals surface area contributed by atoms with Gasteiger partial charge in [-0.1, -0.05) is 48.9 Å². The molecule has 3 N–H and O–H groups in total. The first-order chi connectivity index (χ1) is 16.9. The summed E-state index contributed by atoms with van der Waals surface area (Å²) in [6.45, 7) is 10.1. The highest BCUT2D eigenvalue weighted by molar-refractivity contribution is 6.09. The number of likely N-dealkylation sites (tertiary alicyclic amines) is 1. The molecule has 4 nitrogen and oxygen atoms in total. The van der Waals surface area contributed by atoms with Gasteiger partial charge in [-0.3, -0.25) is 4.90 Å². The number of fused-ring (bicyclic) bond motifs is 4. The third kappa shape index (κ3) is 4.06. The topological polar surface area (TPSA) is 54.9 Å². The van der Waals surface area contributed by atoms with Crippen molar-refractivity contribution in [1.82, 2.24) is 9.88 Å². The van der Waals surface area contributed by atoms with Gasteiger partial charge in [0, 0.05) is 40.0 Å². The zero-order valence-corrected chi connectivity index (χ0v) is 21.0. The molecule has 1 aliphatic carbocycles. The van der Waals surface area contributed by atoms with E-state index in [4.69, 9.17) is 5.41 Å². The normalized spacial score (nSPS) is 17.7. The van der Waals surface area contributed by atoms with Gasteiger partial charge in [-0.05, 0) is 81.6 Å². The Labute approximate surface area is 207 Å². The van der Waals surface area contributed by atoms with Crippen molar-refractivity contribution in [2.24, 2.45) is 0 Å². The fourth-order valence-corrected chi connectivity index (χ4v) is 6.06. The minimum atomic E-state index is -0.0804. The second-order valence-electron chi connectivity index (χ2n) is 10.9. The summed E-state index contributed by atoms with van der Waals surface area (Å²) in [7, 11) is 0. The molecule has 6 rings (SSSR count). The van der Waals surface area contributed by atoms with Crippen LogP contribution in [0.1, 0.15) is 51.2 Å². The fraction of sp³-hybridized carbons (Fsp3) is 0.323. The van der Waals surface area contributed by atoms with Crippen molar-refractivity contribution in [1.29, 1.82) is 5.41 Å². The quantitative estimate of drug-likeness (QED) is 0.287. The van der Waals surface area contributed by atoms with Gasteiger partial charge in [0.2, 0.25) is 0 Å². The maximum atomic E-state index is 8.24. The van der Waals surface area contributed by atoms with Crippen LogP contribution in [0.3, 0.4) is 0 Å². The minimum absolute atomic E-state index is 0.0804. The lowest BCUT2D eigenvalue weighted by Gasteiger charge is -2.32. The molecule has 1 saturated heterocycles. The van der Waals surface area contributed by atoms with Gasteiger partial charge in [0.15, 0.2) is 0 Å². The first-order valence-corrected chi connectivity index (χ1v) is 12.8. The average molecular weight is 463 g/mol. The van der Waals surface area contributed by atoms with Crippen LogP contribution in [0.4, 0.5) is 5.69 Å². The number of rotatable bonds is 3. The van der Waals surface area contributed by atoms with Crippen LogP contribution in [0.2, 0.25) is 0 Å². The minimum Gasteiger partial charge on any atom is -0.376 e. The number of hydrogen-bond acceptors (Lipinski definition) is 3. The largest absolute Gasteiger partial charge is 0.376 e. The standard InChI is InChI=1S/C31H34N4/c1-20-18-31(2,3)34-26-14-13-25-29(24-12-11-23(32)17-27(24)33-30(25)28(20)26)22-9-7-21(8-10-22)19-35-15-5-4-6-16-35/h7-14,17-18,32-34H,4-6,15-16,19H2,1-3H3. The van der Waals surface area contributed by atoms with Crippen LogP contribution in [0, 0.1) is 5.41 Å². The lowest BCUT2D eigenvalue weighted by atomic mass is 9.86. The predicted octanol–water partition coefficient (Wildman–Crippen LogP) is 7.01. The number of H-pyrrole nitrogens is 1. The van der Waals surface area contributed by atoms with Crippen LogP contribution >= 0.6 is 0 Å². The molecule has 4 aliphatic rings. The van der Waals surface area contributed by atoms with Crippen LogP contribution in [-0.2, 0) is 6.54 Å². The Kier molecular flexibility index (Phi) is 5.30. The third-order valence-electron chi connectivity index (χ3n) is 7.55. The molecule has 4 heteroatoms. The van der Waals surface area contributed by atoms with E-state index in [2.05, 4.69) is 84.5 Å². The van der Waals surface area contributed by atoms with Crippen molar-refractivity contribution < 1.29 is 0 Å². The molecule has 2 aromatic rings. The van der Waals surface area contributed by atoms with Crippen LogP contribution in [-0.4, -0.2) is 28.5 Å². The number of nitrogens with zero attached hydrogens (tertiary/aromatic N) is 1. The maximum Gasteiger partial charge on any atom is 0.0561 e. The lowest BCUT2D eigenvalue weighted by molar-refractivity contribution is 0.221. The first kappa shape index (κ1) is 22.1. The summed E-state index contributed by atoms with van der Waals surface area (Å²) in [5, 5.41) is 13.7. The van der Waals surface area contributed by atoms with E-state index in [1.165, 1.54) is 65.6 Å². The highest BCUT2D eigenvalue weighted by Crippen LogP contribution is 2.44. The van der Waals surface area contributed by atoms with Crippen molar-refractivity contribution in [2.75, 3.05) is 18.4 Å². The number of allylic oxidation sites excluding steroid dienone is 1. The summed E-state index contributed by atoms with van der Waals surface area (Å²) in [5.41, 5.74) is 10.7. The van der Waals surface area contributed by atoms with Crippen molar-refractivity contribution >= 4 is 22.2 Å². The molecule has 3 aliphatic heterocycles. The molecule has 0 atom stereocenters. The average Bonchev–Trinajstić information content (AvgIpc) is 2.82. The van der Waals surface area contributed by atoms with Crippen molar-refractivity contribution in [3.63, 3.8) is 0 Å². The molecule has 0 bridgehead atoms. The fourth-order valence-electron chi connectivity index (χ4n) is 6.06. The van der Waals surface area contributed by atoms with Crippen LogP contribution in [0.5, 0.6) is 0 Å². The summed E-state index contributed by atoms with van der Waals surface area (Å²) >= 11 is 0. The van der Waals surface area contributed by atoms with E-state index in [9.17, 15) is 0 Å². The smallest absolute Gasteiger partial charge is 0.0561 e. The summed E-state index contributed by atoms with van der Waals surface area (Å²) in [5.74, 6) is 0. The van der Waals surface area contributed by atoms with E-state index >= 15 is 0 Å². The molecule has 0 unspecified atom stereocenters. The van der Waals surface area contributed by atoms with E-state index in [0.29, 0.717) is 5.36 Å². The Hall–Kier alpha value is -3.37. The van der Waals surface area contributed by atoms with Crippen molar-refractivity contribution in [3.05, 3.63) is 77.2 Å². The van der Waals surface area contributed by atoms with Crippen molar-refractivity contribution in [3.8, 4) is 22.4 Å². The molecule has 178 valence electrons. The van der Waals surface area contributed by atoms with Gasteiger partial charge in [0.1, 0.15) is 0 Å². The van der Waals surface area contributed by atoms with Gasteiger partial charge in [-0.2, -0.15) is 0 Å². The zero-order valence-electron chi connectivity index (χ0n) is 21.0. The Morgan fingerprint density at radius 2 is 1.69 bits per heavy atom. The van der Waals surface area contributed by atoms with E-state index in [-0.39, 0.29) is 5.54 Å². The van der Waals surface area contributed by atoms with Gasteiger partial charge in [0.25, 0.3) is 0 Å². The van der Waals surface area contributed by atoms with Gasteiger partial charge >= 0.3 is 0 Å². The molecule has 2 aromatic carbocycles. The zero-order chi connectivity index (χ0) is 24.2. The molecule has 1 fully saturated rings. The van der Waals surface area contributed by atoms with E-state index in [1.807, 2.05) is 12.1 Å². The van der Waals surface area contributed by atoms with Gasteiger partial charge < -0.3 is 15.7 Å². The summed E-state index contributed by atoms with van der Waals surface area (Å²) in [6.07, 6.45) is 6.31. The molecular formula is C31H34N4. The number of hydrogen-bond donors (Lipinski definition) is 3. The third-order valence-corrected chi connectivity index (χ3v) is 7.55. The SMILES string of the molecule is CC1=CC(C)(C)Nc2ccc3c(-c4ccc(CN5CCCCC5)cc4)c4ccc(=N)cc-4[nH]c3c21. The molecule has 35 heavy (non-hydrogen) atoms. The first-order valence-electron chi connectivity index (χ1n) is 12.8. The number of anilines is 1. The number of pyridine rings is 1. The Morgan fingerprint density at radius 1 is 0.914 bits per heavy atom.